The Labute approximate surface area is 199 Å². The Kier molecular flexibility index (Phi) is 7.01. The molecule has 1 aliphatic rings. The van der Waals surface area contributed by atoms with Crippen LogP contribution in [0, 0.1) is 0 Å². The molecule has 0 saturated carbocycles. The first-order chi connectivity index (χ1) is 16.5. The lowest BCUT2D eigenvalue weighted by Gasteiger charge is -2.23. The summed E-state index contributed by atoms with van der Waals surface area (Å²) in [6.07, 6.45) is -0.00891. The highest BCUT2D eigenvalue weighted by Gasteiger charge is 2.30. The van der Waals surface area contributed by atoms with E-state index in [1.54, 1.807) is 49.5 Å². The van der Waals surface area contributed by atoms with E-state index in [4.69, 9.17) is 14.2 Å². The third kappa shape index (κ3) is 5.14. The van der Waals surface area contributed by atoms with Gasteiger partial charge in [0.25, 0.3) is 11.8 Å². The Balaban J connectivity index is 1.58. The number of rotatable bonds is 7. The molecule has 2 amide bonds. The van der Waals surface area contributed by atoms with Crippen LogP contribution in [0.25, 0.3) is 0 Å². The van der Waals surface area contributed by atoms with Crippen molar-refractivity contribution in [2.75, 3.05) is 19.5 Å². The fourth-order valence-corrected chi connectivity index (χ4v) is 3.94. The molecule has 4 rings (SSSR count). The molecule has 3 aromatic carbocycles. The molecule has 0 aromatic heterocycles. The van der Waals surface area contributed by atoms with Gasteiger partial charge in [-0.1, -0.05) is 25.1 Å². The number of anilines is 1. The summed E-state index contributed by atoms with van der Waals surface area (Å²) in [6.45, 7) is 2.72. The van der Waals surface area contributed by atoms with Gasteiger partial charge in [0.2, 0.25) is 0 Å². The van der Waals surface area contributed by atoms with Crippen LogP contribution in [0.5, 0.6) is 17.2 Å². The van der Waals surface area contributed by atoms with Gasteiger partial charge in [0, 0.05) is 29.9 Å². The lowest BCUT2D eigenvalue weighted by Crippen LogP contribution is -2.38. The minimum atomic E-state index is -0.566. The summed E-state index contributed by atoms with van der Waals surface area (Å²) in [5.74, 6) is 1.69. The summed E-state index contributed by atoms with van der Waals surface area (Å²) in [7, 11) is 3.18. The average molecular weight is 461 g/mol. The van der Waals surface area contributed by atoms with Gasteiger partial charge in [-0.15, -0.1) is 0 Å². The van der Waals surface area contributed by atoms with Crippen LogP contribution < -0.4 is 19.5 Å². The first-order valence-electron chi connectivity index (χ1n) is 11.2. The number of benzene rings is 3. The van der Waals surface area contributed by atoms with Crippen LogP contribution in [-0.2, 0) is 17.9 Å². The van der Waals surface area contributed by atoms with E-state index in [2.05, 4.69) is 5.32 Å². The maximum atomic E-state index is 13.2. The van der Waals surface area contributed by atoms with Crippen LogP contribution in [-0.4, -0.2) is 37.0 Å². The lowest BCUT2D eigenvalue weighted by atomic mass is 10.1. The molecule has 0 radical (unpaired) electrons. The van der Waals surface area contributed by atoms with Crippen molar-refractivity contribution in [3.8, 4) is 17.2 Å². The first-order valence-corrected chi connectivity index (χ1v) is 11.2. The van der Waals surface area contributed by atoms with Gasteiger partial charge in [-0.05, 0) is 60.5 Å². The van der Waals surface area contributed by atoms with Gasteiger partial charge in [-0.2, -0.15) is 0 Å². The Bertz CT molecular complexity index is 1190. The number of fused-ring (bicyclic) bond motifs is 1. The third-order valence-corrected chi connectivity index (χ3v) is 5.75. The molecule has 0 spiro atoms. The molecule has 34 heavy (non-hydrogen) atoms. The minimum absolute atomic E-state index is 0.0662. The number of nitrogens with zero attached hydrogens (tertiary/aromatic N) is 1. The highest BCUT2D eigenvalue weighted by atomic mass is 16.5. The maximum absolute atomic E-state index is 13.2. The van der Waals surface area contributed by atoms with Crippen LogP contribution in [0.2, 0.25) is 0 Å². The second-order valence-corrected chi connectivity index (χ2v) is 8.07. The number of methoxy groups -OCH3 is 2. The second-order valence-electron chi connectivity index (χ2n) is 8.07. The van der Waals surface area contributed by atoms with Gasteiger partial charge in [0.1, 0.15) is 17.2 Å². The topological polar surface area (TPSA) is 77.1 Å². The van der Waals surface area contributed by atoms with Crippen LogP contribution in [0.3, 0.4) is 0 Å². The Morgan fingerprint density at radius 1 is 1.03 bits per heavy atom. The van der Waals surface area contributed by atoms with E-state index in [-0.39, 0.29) is 11.8 Å². The maximum Gasteiger partial charge on any atom is 0.264 e. The predicted octanol–water partition coefficient (Wildman–Crippen LogP) is 4.66. The van der Waals surface area contributed by atoms with E-state index in [0.717, 1.165) is 16.9 Å². The quantitative estimate of drug-likeness (QED) is 0.555. The van der Waals surface area contributed by atoms with Gasteiger partial charge >= 0.3 is 0 Å². The Morgan fingerprint density at radius 3 is 2.50 bits per heavy atom. The Morgan fingerprint density at radius 2 is 1.76 bits per heavy atom. The summed E-state index contributed by atoms with van der Waals surface area (Å²) in [6, 6.07) is 20.1. The van der Waals surface area contributed by atoms with Crippen LogP contribution in [0.1, 0.15) is 34.8 Å². The highest BCUT2D eigenvalue weighted by molar-refractivity contribution is 6.04. The van der Waals surface area contributed by atoms with Crippen LogP contribution in [0.4, 0.5) is 5.69 Å². The first kappa shape index (κ1) is 23.2. The SMILES string of the molecule is CC[C@H]1Oc2ccc(NC(=O)c3cccc(OC)c3)cc2CN(Cc2cccc(OC)c2)C1=O. The molecule has 1 heterocycles. The molecule has 1 atom stereocenters. The molecule has 0 aliphatic carbocycles. The summed E-state index contributed by atoms with van der Waals surface area (Å²) in [5.41, 5.74) is 2.91. The van der Waals surface area contributed by atoms with Crippen molar-refractivity contribution in [1.82, 2.24) is 4.90 Å². The third-order valence-electron chi connectivity index (χ3n) is 5.75. The number of nitrogens with one attached hydrogen (secondary N) is 1. The fourth-order valence-electron chi connectivity index (χ4n) is 3.94. The monoisotopic (exact) mass is 460 g/mol. The predicted molar refractivity (Wildman–Crippen MR) is 129 cm³/mol. The van der Waals surface area contributed by atoms with Crippen molar-refractivity contribution < 1.29 is 23.8 Å². The van der Waals surface area contributed by atoms with Gasteiger partial charge in [0.05, 0.1) is 14.2 Å². The number of ether oxygens (including phenoxy) is 3. The number of amides is 2. The van der Waals surface area contributed by atoms with Crippen molar-refractivity contribution >= 4 is 17.5 Å². The molecular formula is C27H28N2O5. The number of carbonyl (C=O) groups excluding carboxylic acids is 2. The van der Waals surface area contributed by atoms with Gasteiger partial charge in [-0.25, -0.2) is 0 Å². The van der Waals surface area contributed by atoms with Crippen molar-refractivity contribution in [2.45, 2.75) is 32.5 Å². The lowest BCUT2D eigenvalue weighted by molar-refractivity contribution is -0.139. The van der Waals surface area contributed by atoms with E-state index >= 15 is 0 Å². The zero-order valence-corrected chi connectivity index (χ0v) is 19.5. The fraction of sp³-hybridized carbons (Fsp3) is 0.259. The van der Waals surface area contributed by atoms with Crippen LogP contribution >= 0.6 is 0 Å². The number of hydrogen-bond acceptors (Lipinski definition) is 5. The smallest absolute Gasteiger partial charge is 0.264 e. The molecule has 176 valence electrons. The van der Waals surface area contributed by atoms with E-state index < -0.39 is 6.10 Å². The molecule has 0 unspecified atom stereocenters. The Hall–Kier alpha value is -4.00. The molecule has 0 saturated heterocycles. The van der Waals surface area contributed by atoms with Crippen molar-refractivity contribution in [3.05, 3.63) is 83.4 Å². The standard InChI is InChI=1S/C27H28N2O5/c1-4-24-27(31)29(16-18-7-5-9-22(13-18)32-2)17-20-14-21(11-12-25(20)34-24)28-26(30)19-8-6-10-23(15-19)33-3/h5-15,24H,4,16-17H2,1-3H3,(H,28,30)/t24-/m1/s1. The summed E-state index contributed by atoms with van der Waals surface area (Å²) in [5, 5.41) is 2.93. The van der Waals surface area contributed by atoms with Crippen molar-refractivity contribution in [2.24, 2.45) is 0 Å². The molecule has 1 aliphatic heterocycles. The largest absolute Gasteiger partial charge is 0.497 e. The normalized spacial score (nSPS) is 15.1. The van der Waals surface area contributed by atoms with Gasteiger partial charge in [-0.3, -0.25) is 9.59 Å². The number of hydrogen-bond donors (Lipinski definition) is 1. The average Bonchev–Trinajstić information content (AvgIpc) is 3.00. The van der Waals surface area contributed by atoms with Crippen molar-refractivity contribution in [3.63, 3.8) is 0 Å². The minimum Gasteiger partial charge on any atom is -0.497 e. The molecule has 0 bridgehead atoms. The summed E-state index contributed by atoms with van der Waals surface area (Å²) < 4.78 is 16.6. The van der Waals surface area contributed by atoms with Crippen molar-refractivity contribution in [1.29, 1.82) is 0 Å². The number of carbonyl (C=O) groups is 2. The van der Waals surface area contributed by atoms with Gasteiger partial charge in [0.15, 0.2) is 6.10 Å². The molecule has 1 N–H and O–H groups in total. The second kappa shape index (κ2) is 10.3. The molecule has 0 fully saturated rings. The highest BCUT2D eigenvalue weighted by Crippen LogP contribution is 2.30. The van der Waals surface area contributed by atoms with E-state index in [9.17, 15) is 9.59 Å². The molecule has 7 nitrogen and oxygen atoms in total. The summed E-state index contributed by atoms with van der Waals surface area (Å²) in [4.78, 5) is 27.7. The van der Waals surface area contributed by atoms with E-state index in [1.165, 1.54) is 0 Å². The molecule has 7 heteroatoms. The van der Waals surface area contributed by atoms with Gasteiger partial charge < -0.3 is 24.4 Å². The van der Waals surface area contributed by atoms with Crippen LogP contribution in [0.15, 0.2) is 66.7 Å². The molecule has 3 aromatic rings. The molecular weight excluding hydrogens is 432 g/mol. The van der Waals surface area contributed by atoms with E-state index in [1.807, 2.05) is 43.3 Å². The summed E-state index contributed by atoms with van der Waals surface area (Å²) >= 11 is 0. The zero-order valence-electron chi connectivity index (χ0n) is 19.5. The van der Waals surface area contributed by atoms with E-state index in [0.29, 0.717) is 42.3 Å². The zero-order chi connectivity index (χ0) is 24.1.